The van der Waals surface area contributed by atoms with E-state index < -0.39 is 5.97 Å². The summed E-state index contributed by atoms with van der Waals surface area (Å²) in [5.74, 6) is -0.158. The molecule has 0 heterocycles. The van der Waals surface area contributed by atoms with Crippen LogP contribution >= 0.6 is 0 Å². The summed E-state index contributed by atoms with van der Waals surface area (Å²) in [7, 11) is 0. The molecule has 90 valence electrons. The standard InChI is InChI=1S/C14H16O3/c15-12-6-9-5-4-8(7-13(16)17)10-2-1-3-11(12)14(9)10/h1-3,8-9,12,15H,4-7H2,(H,16,17)/t8-,9+,12-/m1/s1. The van der Waals surface area contributed by atoms with E-state index in [1.165, 1.54) is 5.56 Å². The van der Waals surface area contributed by atoms with Gasteiger partial charge in [-0.3, -0.25) is 4.79 Å². The molecule has 17 heavy (non-hydrogen) atoms. The van der Waals surface area contributed by atoms with Crippen LogP contribution in [0.3, 0.4) is 0 Å². The van der Waals surface area contributed by atoms with Gasteiger partial charge in [0.05, 0.1) is 12.5 Å². The monoisotopic (exact) mass is 232 g/mol. The Balaban J connectivity index is 2.04. The zero-order chi connectivity index (χ0) is 12.0. The van der Waals surface area contributed by atoms with E-state index in [1.807, 2.05) is 18.2 Å². The van der Waals surface area contributed by atoms with Gasteiger partial charge in [-0.15, -0.1) is 0 Å². The second-order valence-corrected chi connectivity index (χ2v) is 5.17. The van der Waals surface area contributed by atoms with Crippen LogP contribution in [0.1, 0.15) is 60.3 Å². The highest BCUT2D eigenvalue weighted by atomic mass is 16.4. The van der Waals surface area contributed by atoms with Crippen LogP contribution in [0.25, 0.3) is 0 Å². The van der Waals surface area contributed by atoms with Crippen molar-refractivity contribution in [3.63, 3.8) is 0 Å². The molecule has 3 rings (SSSR count). The summed E-state index contributed by atoms with van der Waals surface area (Å²) in [5.41, 5.74) is 3.44. The molecule has 0 amide bonds. The van der Waals surface area contributed by atoms with Crippen molar-refractivity contribution in [2.75, 3.05) is 0 Å². The van der Waals surface area contributed by atoms with Crippen molar-refractivity contribution in [2.24, 2.45) is 0 Å². The van der Waals surface area contributed by atoms with Crippen molar-refractivity contribution < 1.29 is 15.0 Å². The third-order valence-electron chi connectivity index (χ3n) is 4.17. The Hall–Kier alpha value is -1.35. The molecule has 0 bridgehead atoms. The van der Waals surface area contributed by atoms with Crippen LogP contribution in [0.5, 0.6) is 0 Å². The third-order valence-corrected chi connectivity index (χ3v) is 4.17. The first kappa shape index (κ1) is 10.8. The fourth-order valence-corrected chi connectivity index (χ4v) is 3.48. The van der Waals surface area contributed by atoms with Gasteiger partial charge in [-0.25, -0.2) is 0 Å². The topological polar surface area (TPSA) is 57.5 Å². The van der Waals surface area contributed by atoms with Crippen molar-refractivity contribution >= 4 is 5.97 Å². The number of benzene rings is 1. The highest BCUT2D eigenvalue weighted by Gasteiger charge is 2.37. The molecule has 0 saturated carbocycles. The van der Waals surface area contributed by atoms with Gasteiger partial charge in [0.1, 0.15) is 0 Å². The summed E-state index contributed by atoms with van der Waals surface area (Å²) in [6, 6.07) is 5.96. The van der Waals surface area contributed by atoms with Crippen molar-refractivity contribution in [1.82, 2.24) is 0 Å². The first-order valence-corrected chi connectivity index (χ1v) is 6.19. The lowest BCUT2D eigenvalue weighted by molar-refractivity contribution is -0.137. The summed E-state index contributed by atoms with van der Waals surface area (Å²) < 4.78 is 0. The van der Waals surface area contributed by atoms with E-state index in [0.717, 1.165) is 30.4 Å². The fourth-order valence-electron chi connectivity index (χ4n) is 3.48. The Kier molecular flexibility index (Phi) is 2.44. The van der Waals surface area contributed by atoms with E-state index in [0.29, 0.717) is 5.92 Å². The van der Waals surface area contributed by atoms with Gasteiger partial charge < -0.3 is 10.2 Å². The first-order chi connectivity index (χ1) is 8.16. The number of rotatable bonds is 2. The van der Waals surface area contributed by atoms with E-state index in [1.54, 1.807) is 0 Å². The molecule has 0 fully saturated rings. The van der Waals surface area contributed by atoms with Gasteiger partial charge in [0.2, 0.25) is 0 Å². The molecule has 3 heteroatoms. The average molecular weight is 232 g/mol. The molecule has 3 nitrogen and oxygen atoms in total. The van der Waals surface area contributed by atoms with Gasteiger partial charge in [-0.05, 0) is 47.8 Å². The lowest BCUT2D eigenvalue weighted by Gasteiger charge is -2.28. The molecule has 0 unspecified atom stereocenters. The number of carboxylic acid groups (broad SMARTS) is 1. The van der Waals surface area contributed by atoms with E-state index in [-0.39, 0.29) is 18.4 Å². The van der Waals surface area contributed by atoms with Crippen LogP contribution < -0.4 is 0 Å². The third kappa shape index (κ3) is 1.65. The highest BCUT2D eigenvalue weighted by molar-refractivity contribution is 5.68. The minimum Gasteiger partial charge on any atom is -0.481 e. The van der Waals surface area contributed by atoms with Crippen molar-refractivity contribution in [3.8, 4) is 0 Å². The smallest absolute Gasteiger partial charge is 0.303 e. The molecule has 0 aromatic heterocycles. The zero-order valence-electron chi connectivity index (χ0n) is 9.60. The van der Waals surface area contributed by atoms with E-state index >= 15 is 0 Å². The molecule has 1 aromatic carbocycles. The van der Waals surface area contributed by atoms with E-state index in [9.17, 15) is 9.90 Å². The molecule has 0 radical (unpaired) electrons. The van der Waals surface area contributed by atoms with Gasteiger partial charge in [-0.2, -0.15) is 0 Å². The Morgan fingerprint density at radius 2 is 2.06 bits per heavy atom. The number of carboxylic acids is 1. The predicted octanol–water partition coefficient (Wildman–Crippen LogP) is 2.56. The molecule has 0 spiro atoms. The minimum atomic E-state index is -0.732. The average Bonchev–Trinajstić information content (AvgIpc) is 2.61. The number of aliphatic hydroxyl groups excluding tert-OH is 1. The summed E-state index contributed by atoms with van der Waals surface area (Å²) in [5, 5.41) is 18.9. The molecule has 2 N–H and O–H groups in total. The van der Waals surface area contributed by atoms with Gasteiger partial charge in [0.25, 0.3) is 0 Å². The molecule has 0 saturated heterocycles. The van der Waals surface area contributed by atoms with E-state index in [2.05, 4.69) is 0 Å². The van der Waals surface area contributed by atoms with E-state index in [4.69, 9.17) is 5.11 Å². The number of hydrogen-bond donors (Lipinski definition) is 2. The molecule has 2 aliphatic carbocycles. The van der Waals surface area contributed by atoms with Gasteiger partial charge in [-0.1, -0.05) is 18.2 Å². The maximum Gasteiger partial charge on any atom is 0.303 e. The Bertz CT molecular complexity index is 467. The molecule has 0 aliphatic heterocycles. The Labute approximate surface area is 100 Å². The Morgan fingerprint density at radius 3 is 2.82 bits per heavy atom. The normalized spacial score (nSPS) is 30.1. The van der Waals surface area contributed by atoms with Crippen LogP contribution in [0.4, 0.5) is 0 Å². The molecule has 2 aliphatic rings. The van der Waals surface area contributed by atoms with Crippen molar-refractivity contribution in [3.05, 3.63) is 34.9 Å². The second-order valence-electron chi connectivity index (χ2n) is 5.17. The molecule has 3 atom stereocenters. The van der Waals surface area contributed by atoms with Crippen LogP contribution in [0, 0.1) is 0 Å². The first-order valence-electron chi connectivity index (χ1n) is 6.19. The van der Waals surface area contributed by atoms with Crippen molar-refractivity contribution in [1.29, 1.82) is 0 Å². The molecule has 1 aromatic rings. The van der Waals surface area contributed by atoms with Crippen LogP contribution in [0.15, 0.2) is 18.2 Å². The highest BCUT2D eigenvalue weighted by Crippen LogP contribution is 2.51. The Morgan fingerprint density at radius 1 is 1.29 bits per heavy atom. The number of carbonyl (C=O) groups is 1. The van der Waals surface area contributed by atoms with Crippen LogP contribution in [-0.4, -0.2) is 16.2 Å². The zero-order valence-corrected chi connectivity index (χ0v) is 9.60. The lowest BCUT2D eigenvalue weighted by Crippen LogP contribution is -2.15. The van der Waals surface area contributed by atoms with Crippen LogP contribution in [0.2, 0.25) is 0 Å². The summed E-state index contributed by atoms with van der Waals surface area (Å²) >= 11 is 0. The molecular weight excluding hydrogens is 216 g/mol. The number of aliphatic hydroxyl groups is 1. The summed E-state index contributed by atoms with van der Waals surface area (Å²) in [4.78, 5) is 10.9. The van der Waals surface area contributed by atoms with Gasteiger partial charge >= 0.3 is 5.97 Å². The second kappa shape index (κ2) is 3.84. The number of hydrogen-bond acceptors (Lipinski definition) is 2. The van der Waals surface area contributed by atoms with Crippen LogP contribution in [-0.2, 0) is 4.79 Å². The fraction of sp³-hybridized carbons (Fsp3) is 0.500. The SMILES string of the molecule is O=C(O)C[C@H]1CC[C@H]2C[C@@H](O)c3cccc1c32. The minimum absolute atomic E-state index is 0.129. The number of aliphatic carboxylic acids is 1. The quantitative estimate of drug-likeness (QED) is 0.823. The summed E-state index contributed by atoms with van der Waals surface area (Å²) in [6.45, 7) is 0. The van der Waals surface area contributed by atoms with Gasteiger partial charge in [0, 0.05) is 0 Å². The summed E-state index contributed by atoms with van der Waals surface area (Å²) in [6.07, 6.45) is 2.61. The molecular formula is C14H16O3. The maximum absolute atomic E-state index is 10.9. The van der Waals surface area contributed by atoms with Gasteiger partial charge in [0.15, 0.2) is 0 Å². The predicted molar refractivity (Wildman–Crippen MR) is 63.0 cm³/mol. The van der Waals surface area contributed by atoms with Crippen molar-refractivity contribution in [2.45, 2.75) is 43.6 Å². The lowest BCUT2D eigenvalue weighted by atomic mass is 9.76. The maximum atomic E-state index is 10.9. The largest absolute Gasteiger partial charge is 0.481 e.